The van der Waals surface area contributed by atoms with Crippen LogP contribution in [-0.2, 0) is 25.7 Å². The van der Waals surface area contributed by atoms with Crippen molar-refractivity contribution >= 4 is 52.6 Å². The fourth-order valence-corrected chi connectivity index (χ4v) is 4.81. The van der Waals surface area contributed by atoms with Crippen LogP contribution in [0.25, 0.3) is 11.1 Å². The molecule has 2 amide bonds. The van der Waals surface area contributed by atoms with E-state index >= 15 is 0 Å². The maximum absolute atomic E-state index is 12.9. The molecule has 0 bridgehead atoms. The van der Waals surface area contributed by atoms with Gasteiger partial charge in [0.1, 0.15) is 25.3 Å². The van der Waals surface area contributed by atoms with Crippen LogP contribution in [0.1, 0.15) is 32.1 Å². The number of fused-ring (bicyclic) bond motifs is 1. The highest BCUT2D eigenvalue weighted by molar-refractivity contribution is 7.99. The Morgan fingerprint density at radius 1 is 1.07 bits per heavy atom. The number of ketones is 1. The topological polar surface area (TPSA) is 154 Å². The van der Waals surface area contributed by atoms with Gasteiger partial charge < -0.3 is 14.3 Å². The van der Waals surface area contributed by atoms with Gasteiger partial charge in [0.15, 0.2) is 12.1 Å². The number of carbonyl (C=O) groups excluding carboxylic acids is 4. The number of carboxylic acid groups (broad SMARTS) is 1. The smallest absolute Gasteiger partial charge is 0.450 e. The van der Waals surface area contributed by atoms with Gasteiger partial charge in [0, 0.05) is 12.8 Å². The normalized spacial score (nSPS) is 14.3. The van der Waals surface area contributed by atoms with Crippen molar-refractivity contribution in [3.05, 3.63) is 34.8 Å². The van der Waals surface area contributed by atoms with Crippen molar-refractivity contribution < 1.29 is 59.6 Å². The number of nitrogens with one attached hydrogen (secondary N) is 2. The molecule has 1 aliphatic rings. The first-order chi connectivity index (χ1) is 20.6. The monoisotopic (exact) mass is 656 g/mol. The van der Waals surface area contributed by atoms with Crippen LogP contribution in [-0.4, -0.2) is 88.5 Å². The van der Waals surface area contributed by atoms with Gasteiger partial charge in [0.05, 0.1) is 23.9 Å². The third kappa shape index (κ3) is 12.5. The third-order valence-electron chi connectivity index (χ3n) is 6.09. The number of Topliss-reactive ketones (excluding diaryl/α,β-unsaturated/α-hetero) is 1. The van der Waals surface area contributed by atoms with Gasteiger partial charge in [-0.05, 0) is 37.1 Å². The number of oxazole rings is 1. The number of rotatable bonds is 13. The highest BCUT2D eigenvalue weighted by Crippen LogP contribution is 2.19. The zero-order valence-corrected chi connectivity index (χ0v) is 24.0. The molecular weight excluding hydrogens is 626 g/mol. The molecule has 244 valence electrons. The molecule has 2 aromatic rings. The molecule has 0 fully saturated rings. The van der Waals surface area contributed by atoms with Crippen LogP contribution in [0, 0.1) is 0 Å². The molecule has 1 aromatic heterocycles. The van der Waals surface area contributed by atoms with Crippen LogP contribution in [0.15, 0.2) is 33.5 Å². The molecule has 0 spiro atoms. The van der Waals surface area contributed by atoms with E-state index in [1.54, 1.807) is 24.3 Å². The molecule has 0 saturated carbocycles. The molecule has 1 atom stereocenters. The average molecular weight is 657 g/mol. The second-order valence-corrected chi connectivity index (χ2v) is 10.6. The minimum atomic E-state index is -5.19. The molecular formula is C26H30F6N4O7S. The summed E-state index contributed by atoms with van der Waals surface area (Å²) in [5, 5.41) is 14.2. The standard InChI is InChI=1S/C24H29F3N4O5S.C2HF3O2/c25-24(26,27)20(32)16-37-14-6-7-17(28-10-13-30-11-4-1-5-12-30)22(34)29-21(33)15-31-18-8-2-3-9-19(18)36-23(31)35;3-2(4,5)1(6)7/h2-3,8-9,11,17,28H,1,4-7,10,12-16H2;(H,6,7)/t17-;/m0./s1. The number of amides is 2. The Hall–Kier alpha value is -3.67. The first-order valence-electron chi connectivity index (χ1n) is 13.3. The van der Waals surface area contributed by atoms with E-state index in [2.05, 4.69) is 21.4 Å². The van der Waals surface area contributed by atoms with Crippen molar-refractivity contribution in [2.75, 3.05) is 31.1 Å². The molecule has 2 heterocycles. The minimum Gasteiger partial charge on any atom is -0.542 e. The highest BCUT2D eigenvalue weighted by atomic mass is 32.2. The summed E-state index contributed by atoms with van der Waals surface area (Å²) in [6.45, 7) is 1.65. The van der Waals surface area contributed by atoms with Gasteiger partial charge in [0.25, 0.3) is 0 Å². The van der Waals surface area contributed by atoms with Crippen molar-refractivity contribution in [1.82, 2.24) is 15.2 Å². The summed E-state index contributed by atoms with van der Waals surface area (Å²) < 4.78 is 77.0. The van der Waals surface area contributed by atoms with Gasteiger partial charge in [-0.2, -0.15) is 38.1 Å². The first kappa shape index (κ1) is 36.5. The number of aliphatic carboxylic acids is 1. The van der Waals surface area contributed by atoms with Crippen LogP contribution >= 0.6 is 11.8 Å². The zero-order valence-electron chi connectivity index (χ0n) is 23.2. The summed E-state index contributed by atoms with van der Waals surface area (Å²) in [7, 11) is 0. The average Bonchev–Trinajstić information content (AvgIpc) is 3.26. The van der Waals surface area contributed by atoms with E-state index in [9.17, 15) is 45.5 Å². The molecule has 0 aliphatic carbocycles. The Balaban J connectivity index is 0.000000860. The molecule has 0 saturated heterocycles. The van der Waals surface area contributed by atoms with E-state index in [-0.39, 0.29) is 12.2 Å². The molecule has 3 rings (SSSR count). The van der Waals surface area contributed by atoms with Crippen LogP contribution in [0.2, 0.25) is 0 Å². The summed E-state index contributed by atoms with van der Waals surface area (Å²) in [4.78, 5) is 57.4. The van der Waals surface area contributed by atoms with Gasteiger partial charge in [-0.3, -0.25) is 29.6 Å². The van der Waals surface area contributed by atoms with Crippen molar-refractivity contribution in [2.24, 2.45) is 0 Å². The van der Waals surface area contributed by atoms with Gasteiger partial charge in [-0.25, -0.2) is 9.37 Å². The largest absolute Gasteiger partial charge is 0.542 e. The second kappa shape index (κ2) is 17.0. The van der Waals surface area contributed by atoms with Gasteiger partial charge in [-0.1, -0.05) is 12.1 Å². The summed E-state index contributed by atoms with van der Waals surface area (Å²) in [6.07, 6.45) is -4.10. The Bertz CT molecular complexity index is 1390. The lowest BCUT2D eigenvalue weighted by Gasteiger charge is -2.18. The third-order valence-corrected chi connectivity index (χ3v) is 7.14. The summed E-state index contributed by atoms with van der Waals surface area (Å²) in [5.41, 5.74) is 0.746. The lowest BCUT2D eigenvalue weighted by Crippen LogP contribution is -2.48. The Morgan fingerprint density at radius 2 is 1.75 bits per heavy atom. The summed E-state index contributed by atoms with van der Waals surface area (Å²) in [5.74, 6) is -7.24. The van der Waals surface area contributed by atoms with E-state index < -0.39 is 60.0 Å². The number of hydrogen-bond acceptors (Lipinski definition) is 9. The maximum Gasteiger partial charge on any atom is 0.450 e. The fourth-order valence-electron chi connectivity index (χ4n) is 3.94. The quantitative estimate of drug-likeness (QED) is 0.185. The van der Waals surface area contributed by atoms with E-state index in [0.717, 1.165) is 42.1 Å². The highest BCUT2D eigenvalue weighted by Gasteiger charge is 2.37. The van der Waals surface area contributed by atoms with Crippen molar-refractivity contribution in [3.63, 3.8) is 0 Å². The Kier molecular flexibility index (Phi) is 14.1. The maximum atomic E-state index is 12.9. The molecule has 44 heavy (non-hydrogen) atoms. The van der Waals surface area contributed by atoms with Gasteiger partial charge >= 0.3 is 18.1 Å². The Morgan fingerprint density at radius 3 is 2.36 bits per heavy atom. The number of aromatic nitrogens is 1. The molecule has 11 nitrogen and oxygen atoms in total. The zero-order chi connectivity index (χ0) is 32.9. The number of hydrogen-bond donors (Lipinski definition) is 2. The lowest BCUT2D eigenvalue weighted by atomic mass is 10.1. The number of alkyl halides is 6. The van der Waals surface area contributed by atoms with Crippen LogP contribution in [0.3, 0.4) is 0 Å². The van der Waals surface area contributed by atoms with Gasteiger partial charge in [-0.15, -0.1) is 0 Å². The number of benzene rings is 1. The lowest BCUT2D eigenvalue weighted by molar-refractivity contribution is -0.526. The van der Waals surface area contributed by atoms with E-state index in [1.807, 2.05) is 0 Å². The number of carboxylic acids is 1. The van der Waals surface area contributed by atoms with E-state index in [1.165, 1.54) is 0 Å². The number of carbonyl (C=O) groups is 4. The van der Waals surface area contributed by atoms with Crippen molar-refractivity contribution in [2.45, 2.75) is 57.0 Å². The number of nitrogens with zero attached hydrogens (tertiary/aromatic N) is 2. The minimum absolute atomic E-state index is 0.248. The first-order valence-corrected chi connectivity index (χ1v) is 14.4. The van der Waals surface area contributed by atoms with Gasteiger partial charge in [0.2, 0.25) is 17.6 Å². The number of thioether (sulfide) groups is 1. The molecule has 0 unspecified atom stereocenters. The summed E-state index contributed by atoms with van der Waals surface area (Å²) >= 11 is 0.850. The predicted molar refractivity (Wildman–Crippen MR) is 144 cm³/mol. The fraction of sp³-hybridized carbons (Fsp3) is 0.538. The number of para-hydroxylation sites is 2. The summed E-state index contributed by atoms with van der Waals surface area (Å²) in [6, 6.07) is 5.82. The second-order valence-electron chi connectivity index (χ2n) is 9.46. The van der Waals surface area contributed by atoms with E-state index in [4.69, 9.17) is 14.3 Å². The van der Waals surface area contributed by atoms with Crippen molar-refractivity contribution in [1.29, 1.82) is 0 Å². The SMILES string of the molecule is O=C(Cn1c(=O)oc2ccccc21)NC(=O)[C@H](CCCSCC(=O)C(F)(F)F)NCC[N+]1=CCCCC1.O=C([O-])C(F)(F)F. The van der Waals surface area contributed by atoms with Crippen molar-refractivity contribution in [3.8, 4) is 0 Å². The molecule has 2 N–H and O–H groups in total. The number of halogens is 6. The molecule has 0 radical (unpaired) electrons. The predicted octanol–water partition coefficient (Wildman–Crippen LogP) is 1.41. The Labute approximate surface area is 250 Å². The van der Waals surface area contributed by atoms with Crippen LogP contribution in [0.5, 0.6) is 0 Å². The molecule has 1 aromatic carbocycles. The molecule has 18 heteroatoms. The van der Waals surface area contributed by atoms with Crippen LogP contribution < -0.4 is 21.5 Å². The van der Waals surface area contributed by atoms with Crippen LogP contribution in [0.4, 0.5) is 26.3 Å². The number of imide groups is 1. The molecule has 1 aliphatic heterocycles. The van der Waals surface area contributed by atoms with E-state index in [0.29, 0.717) is 30.6 Å².